The van der Waals surface area contributed by atoms with Gasteiger partial charge in [0.15, 0.2) is 6.10 Å². The number of nitrogens with one attached hydrogen (secondary N) is 1. The number of esters is 1. The molecule has 0 fully saturated rings. The lowest BCUT2D eigenvalue weighted by atomic mass is 10.2. The third kappa shape index (κ3) is 5.67. The predicted octanol–water partition coefficient (Wildman–Crippen LogP) is 3.34. The molecule has 2 aromatic carbocycles. The second-order valence-corrected chi connectivity index (χ2v) is 5.46. The van der Waals surface area contributed by atoms with Crippen LogP contribution in [0.1, 0.15) is 17.3 Å². The van der Waals surface area contributed by atoms with Gasteiger partial charge in [0.05, 0.1) is 10.5 Å². The lowest BCUT2D eigenvalue weighted by molar-refractivity contribution is -0.384. The Morgan fingerprint density at radius 1 is 1.19 bits per heavy atom. The van der Waals surface area contributed by atoms with E-state index >= 15 is 0 Å². The molecule has 0 saturated carbocycles. The molecule has 0 bridgehead atoms. The van der Waals surface area contributed by atoms with Gasteiger partial charge in [0.2, 0.25) is 0 Å². The zero-order valence-corrected chi connectivity index (χ0v) is 14.6. The van der Waals surface area contributed by atoms with Crippen molar-refractivity contribution in [1.29, 1.82) is 0 Å². The summed E-state index contributed by atoms with van der Waals surface area (Å²) in [7, 11) is 0. The summed E-state index contributed by atoms with van der Waals surface area (Å²) in [4.78, 5) is 34.3. The predicted molar refractivity (Wildman–Crippen MR) is 98.7 cm³/mol. The number of ether oxygens (including phenoxy) is 2. The number of nitro groups is 1. The van der Waals surface area contributed by atoms with Gasteiger partial charge in [-0.25, -0.2) is 4.79 Å². The van der Waals surface area contributed by atoms with Crippen molar-refractivity contribution < 1.29 is 24.0 Å². The van der Waals surface area contributed by atoms with Gasteiger partial charge in [0.1, 0.15) is 12.4 Å². The summed E-state index contributed by atoms with van der Waals surface area (Å²) in [5, 5.41) is 13.1. The molecule has 1 atom stereocenters. The number of carbonyl (C=O) groups is 2. The molecule has 0 aliphatic carbocycles. The van der Waals surface area contributed by atoms with Gasteiger partial charge < -0.3 is 14.8 Å². The highest BCUT2D eigenvalue weighted by Gasteiger charge is 2.19. The molecular weight excluding hydrogens is 352 g/mol. The number of non-ortho nitro benzene ring substituents is 1. The van der Waals surface area contributed by atoms with Crippen molar-refractivity contribution in [3.63, 3.8) is 0 Å². The monoisotopic (exact) mass is 370 g/mol. The molecule has 0 aromatic heterocycles. The minimum absolute atomic E-state index is 0.0898. The zero-order chi connectivity index (χ0) is 19.8. The Bertz CT molecular complexity index is 830. The van der Waals surface area contributed by atoms with Crippen LogP contribution in [0.4, 0.5) is 11.4 Å². The van der Waals surface area contributed by atoms with Crippen LogP contribution in [0.3, 0.4) is 0 Å². The molecule has 0 saturated heterocycles. The van der Waals surface area contributed by atoms with E-state index in [0.29, 0.717) is 18.0 Å². The number of hydrogen-bond acceptors (Lipinski definition) is 6. The maximum atomic E-state index is 12.1. The number of rotatable bonds is 8. The molecule has 2 rings (SSSR count). The van der Waals surface area contributed by atoms with Crippen molar-refractivity contribution in [3.8, 4) is 5.75 Å². The average molecular weight is 370 g/mol. The van der Waals surface area contributed by atoms with Crippen LogP contribution in [0.2, 0.25) is 0 Å². The Morgan fingerprint density at radius 2 is 1.81 bits per heavy atom. The van der Waals surface area contributed by atoms with Gasteiger partial charge in [-0.15, -0.1) is 0 Å². The lowest BCUT2D eigenvalue weighted by Gasteiger charge is -2.13. The molecule has 8 nitrogen and oxygen atoms in total. The molecule has 140 valence electrons. The van der Waals surface area contributed by atoms with E-state index in [1.54, 1.807) is 18.2 Å². The summed E-state index contributed by atoms with van der Waals surface area (Å²) >= 11 is 0. The van der Waals surface area contributed by atoms with Gasteiger partial charge in [0.25, 0.3) is 11.6 Å². The van der Waals surface area contributed by atoms with E-state index in [1.165, 1.54) is 43.3 Å². The van der Waals surface area contributed by atoms with E-state index in [4.69, 9.17) is 9.47 Å². The number of benzene rings is 2. The molecule has 0 spiro atoms. The van der Waals surface area contributed by atoms with Gasteiger partial charge in [-0.1, -0.05) is 12.7 Å². The van der Waals surface area contributed by atoms with Crippen molar-refractivity contribution >= 4 is 23.3 Å². The molecule has 0 aliphatic rings. The molecule has 1 unspecified atom stereocenters. The topological polar surface area (TPSA) is 108 Å². The summed E-state index contributed by atoms with van der Waals surface area (Å²) in [5.74, 6) is -0.629. The highest BCUT2D eigenvalue weighted by molar-refractivity contribution is 5.97. The van der Waals surface area contributed by atoms with Crippen LogP contribution in [0, 0.1) is 10.1 Å². The number of carbonyl (C=O) groups excluding carboxylic acids is 2. The second-order valence-electron chi connectivity index (χ2n) is 5.46. The average Bonchev–Trinajstić information content (AvgIpc) is 2.67. The summed E-state index contributed by atoms with van der Waals surface area (Å²) in [6.07, 6.45) is 0.553. The highest BCUT2D eigenvalue weighted by atomic mass is 16.6. The SMILES string of the molecule is C=CCOc1ccc(C(=O)OC(C)C(=O)Nc2ccc([N+](=O)[O-])cc2)cc1. The standard InChI is InChI=1S/C19H18N2O6/c1-3-12-26-17-10-4-14(5-11-17)19(23)27-13(2)18(22)20-15-6-8-16(9-7-15)21(24)25/h3-11,13H,1,12H2,2H3,(H,20,22). The number of hydrogen-bond donors (Lipinski definition) is 1. The smallest absolute Gasteiger partial charge is 0.338 e. The number of amides is 1. The van der Waals surface area contributed by atoms with Crippen molar-refractivity contribution in [2.75, 3.05) is 11.9 Å². The summed E-state index contributed by atoms with van der Waals surface area (Å²) in [6.45, 7) is 5.33. The van der Waals surface area contributed by atoms with Gasteiger partial charge in [0, 0.05) is 17.8 Å². The van der Waals surface area contributed by atoms with E-state index in [2.05, 4.69) is 11.9 Å². The molecule has 8 heteroatoms. The van der Waals surface area contributed by atoms with Crippen LogP contribution < -0.4 is 10.1 Å². The first kappa shape index (κ1) is 19.6. The number of nitro benzene ring substituents is 1. The summed E-state index contributed by atoms with van der Waals surface area (Å²) in [6, 6.07) is 11.6. The van der Waals surface area contributed by atoms with Crippen LogP contribution in [0.5, 0.6) is 5.75 Å². The van der Waals surface area contributed by atoms with Crippen LogP contribution in [0.15, 0.2) is 61.2 Å². The van der Waals surface area contributed by atoms with Crippen LogP contribution >= 0.6 is 0 Å². The second kappa shape index (κ2) is 9.14. The van der Waals surface area contributed by atoms with Crippen LogP contribution in [0.25, 0.3) is 0 Å². The van der Waals surface area contributed by atoms with Crippen molar-refractivity contribution in [2.45, 2.75) is 13.0 Å². The first-order valence-corrected chi connectivity index (χ1v) is 8.00. The van der Waals surface area contributed by atoms with Crippen molar-refractivity contribution in [1.82, 2.24) is 0 Å². The Morgan fingerprint density at radius 3 is 2.37 bits per heavy atom. The Balaban J connectivity index is 1.91. The van der Waals surface area contributed by atoms with Gasteiger partial charge in [-0.3, -0.25) is 14.9 Å². The fourth-order valence-electron chi connectivity index (χ4n) is 2.03. The van der Waals surface area contributed by atoms with Gasteiger partial charge in [-0.2, -0.15) is 0 Å². The minimum Gasteiger partial charge on any atom is -0.490 e. The largest absolute Gasteiger partial charge is 0.490 e. The van der Waals surface area contributed by atoms with E-state index in [9.17, 15) is 19.7 Å². The quantitative estimate of drug-likeness (QED) is 0.330. The molecule has 27 heavy (non-hydrogen) atoms. The van der Waals surface area contributed by atoms with E-state index in [1.807, 2.05) is 0 Å². The Hall–Kier alpha value is -3.68. The molecule has 1 amide bonds. The first-order chi connectivity index (χ1) is 12.9. The number of nitrogens with zero attached hydrogens (tertiary/aromatic N) is 1. The van der Waals surface area contributed by atoms with E-state index in [0.717, 1.165) is 0 Å². The molecule has 0 radical (unpaired) electrons. The van der Waals surface area contributed by atoms with Crippen molar-refractivity contribution in [3.05, 3.63) is 76.9 Å². The van der Waals surface area contributed by atoms with Crippen LogP contribution in [-0.2, 0) is 9.53 Å². The fraction of sp³-hybridized carbons (Fsp3) is 0.158. The van der Waals surface area contributed by atoms with Crippen molar-refractivity contribution in [2.24, 2.45) is 0 Å². The Labute approximate surface area is 155 Å². The minimum atomic E-state index is -1.05. The third-order valence-electron chi connectivity index (χ3n) is 3.46. The molecular formula is C19H18N2O6. The van der Waals surface area contributed by atoms with Gasteiger partial charge >= 0.3 is 5.97 Å². The summed E-state index contributed by atoms with van der Waals surface area (Å²) < 4.78 is 10.5. The molecule has 2 aromatic rings. The normalized spacial score (nSPS) is 11.1. The molecule has 0 aliphatic heterocycles. The fourth-order valence-corrected chi connectivity index (χ4v) is 2.03. The molecule has 0 heterocycles. The third-order valence-corrected chi connectivity index (χ3v) is 3.46. The highest BCUT2D eigenvalue weighted by Crippen LogP contribution is 2.17. The number of anilines is 1. The van der Waals surface area contributed by atoms with Crippen LogP contribution in [-0.4, -0.2) is 29.5 Å². The Kier molecular flexibility index (Phi) is 6.65. The maximum absolute atomic E-state index is 12.1. The van der Waals surface area contributed by atoms with E-state index in [-0.39, 0.29) is 11.3 Å². The maximum Gasteiger partial charge on any atom is 0.338 e. The zero-order valence-electron chi connectivity index (χ0n) is 14.6. The lowest BCUT2D eigenvalue weighted by Crippen LogP contribution is -2.30. The van der Waals surface area contributed by atoms with E-state index < -0.39 is 22.9 Å². The first-order valence-electron chi connectivity index (χ1n) is 8.00. The van der Waals surface area contributed by atoms with Gasteiger partial charge in [-0.05, 0) is 43.3 Å². The summed E-state index contributed by atoms with van der Waals surface area (Å²) in [5.41, 5.74) is 0.543. The molecule has 1 N–H and O–H groups in total.